The number of hydrogen-bond acceptors (Lipinski definition) is 4. The summed E-state index contributed by atoms with van der Waals surface area (Å²) in [4.78, 5) is 1.42. The molecule has 3 aliphatic heterocycles. The third-order valence-corrected chi connectivity index (χ3v) is 6.55. The number of hydrogen-bond donors (Lipinski definition) is 1. The van der Waals surface area contributed by atoms with Gasteiger partial charge in [-0.15, -0.1) is 11.8 Å². The van der Waals surface area contributed by atoms with Crippen molar-refractivity contribution >= 4 is 11.8 Å². The van der Waals surface area contributed by atoms with Crippen LogP contribution < -0.4 is 5.73 Å². The van der Waals surface area contributed by atoms with E-state index in [0.717, 1.165) is 44.8 Å². The molecule has 1 aromatic carbocycles. The van der Waals surface area contributed by atoms with Gasteiger partial charge < -0.3 is 15.2 Å². The maximum Gasteiger partial charge on any atom is 0.0939 e. The predicted octanol–water partition coefficient (Wildman–Crippen LogP) is 2.79. The molecule has 4 unspecified atom stereocenters. The molecular weight excluding hydrogens is 282 g/mol. The van der Waals surface area contributed by atoms with Gasteiger partial charge in [0.25, 0.3) is 0 Å². The molecule has 0 saturated carbocycles. The van der Waals surface area contributed by atoms with E-state index in [9.17, 15) is 0 Å². The van der Waals surface area contributed by atoms with Crippen LogP contribution in [0.1, 0.15) is 30.7 Å². The summed E-state index contributed by atoms with van der Waals surface area (Å²) in [6.07, 6.45) is 3.19. The van der Waals surface area contributed by atoms with Gasteiger partial charge in [0.1, 0.15) is 0 Å². The van der Waals surface area contributed by atoms with Gasteiger partial charge in [0.05, 0.1) is 12.2 Å². The lowest BCUT2D eigenvalue weighted by Crippen LogP contribution is -2.47. The second-order valence-electron chi connectivity index (χ2n) is 6.62. The molecule has 0 radical (unpaired) electrons. The number of ether oxygens (including phenoxy) is 2. The summed E-state index contributed by atoms with van der Waals surface area (Å²) >= 11 is 1.96. The molecule has 2 N–H and O–H groups in total. The molecule has 0 aliphatic carbocycles. The van der Waals surface area contributed by atoms with Gasteiger partial charge in [-0.25, -0.2) is 0 Å². The minimum Gasteiger partial charge on any atom is -0.378 e. The van der Waals surface area contributed by atoms with E-state index in [2.05, 4.69) is 24.3 Å². The second kappa shape index (κ2) is 5.58. The highest BCUT2D eigenvalue weighted by molar-refractivity contribution is 7.99. The minimum absolute atomic E-state index is 0.0359. The summed E-state index contributed by atoms with van der Waals surface area (Å²) in [5, 5.41) is 0. The Morgan fingerprint density at radius 2 is 2.19 bits per heavy atom. The van der Waals surface area contributed by atoms with Gasteiger partial charge >= 0.3 is 0 Å². The molecule has 4 heteroatoms. The van der Waals surface area contributed by atoms with Crippen molar-refractivity contribution in [2.24, 2.45) is 11.7 Å². The van der Waals surface area contributed by atoms with Gasteiger partial charge in [-0.3, -0.25) is 0 Å². The van der Waals surface area contributed by atoms with E-state index in [-0.39, 0.29) is 11.6 Å². The molecule has 0 amide bonds. The number of benzene rings is 1. The summed E-state index contributed by atoms with van der Waals surface area (Å²) in [5.41, 5.74) is 8.13. The van der Waals surface area contributed by atoms with Crippen LogP contribution in [0.5, 0.6) is 0 Å². The van der Waals surface area contributed by atoms with Gasteiger partial charge in [0, 0.05) is 42.2 Å². The lowest BCUT2D eigenvalue weighted by molar-refractivity contribution is -0.102. The zero-order chi connectivity index (χ0) is 14.3. The molecule has 1 spiro atoms. The third kappa shape index (κ3) is 2.52. The zero-order valence-corrected chi connectivity index (χ0v) is 13.1. The van der Waals surface area contributed by atoms with E-state index >= 15 is 0 Å². The minimum atomic E-state index is -0.0359. The average molecular weight is 305 g/mol. The standard InChI is InChI=1S/C17H23NO2S/c18-16(14-10-21-15-4-2-1-3-13(14)15)12-5-7-20-17(9-12)6-8-19-11-17/h1-4,12,14,16H,5-11,18H2. The molecule has 114 valence electrons. The van der Waals surface area contributed by atoms with Crippen molar-refractivity contribution in [3.63, 3.8) is 0 Å². The third-order valence-electron chi connectivity index (χ3n) is 5.34. The summed E-state index contributed by atoms with van der Waals surface area (Å²) in [5.74, 6) is 2.17. The van der Waals surface area contributed by atoms with Gasteiger partial charge in [-0.1, -0.05) is 18.2 Å². The number of fused-ring (bicyclic) bond motifs is 1. The van der Waals surface area contributed by atoms with E-state index < -0.39 is 0 Å². The molecule has 3 aliphatic rings. The summed E-state index contributed by atoms with van der Waals surface area (Å²) in [7, 11) is 0. The van der Waals surface area contributed by atoms with Crippen molar-refractivity contribution in [3.8, 4) is 0 Å². The zero-order valence-electron chi connectivity index (χ0n) is 12.3. The first-order chi connectivity index (χ1) is 10.3. The Bertz CT molecular complexity index is 515. The number of nitrogens with two attached hydrogens (primary N) is 1. The van der Waals surface area contributed by atoms with Crippen LogP contribution in [0.3, 0.4) is 0 Å². The van der Waals surface area contributed by atoms with Crippen molar-refractivity contribution in [2.75, 3.05) is 25.6 Å². The normalized spacial score (nSPS) is 36.8. The average Bonchev–Trinajstić information content (AvgIpc) is 3.14. The molecule has 2 fully saturated rings. The summed E-state index contributed by atoms with van der Waals surface area (Å²) in [6, 6.07) is 8.98. The Labute approximate surface area is 130 Å². The molecular formula is C17H23NO2S. The van der Waals surface area contributed by atoms with Crippen LogP contribution in [0.25, 0.3) is 0 Å². The maximum atomic E-state index is 6.71. The quantitative estimate of drug-likeness (QED) is 0.912. The lowest BCUT2D eigenvalue weighted by atomic mass is 9.76. The maximum absolute atomic E-state index is 6.71. The van der Waals surface area contributed by atoms with Crippen LogP contribution in [-0.4, -0.2) is 37.2 Å². The predicted molar refractivity (Wildman–Crippen MR) is 84.7 cm³/mol. The van der Waals surface area contributed by atoms with E-state index in [4.69, 9.17) is 15.2 Å². The van der Waals surface area contributed by atoms with Crippen LogP contribution >= 0.6 is 11.8 Å². The molecule has 4 atom stereocenters. The molecule has 0 bridgehead atoms. The van der Waals surface area contributed by atoms with Crippen LogP contribution in [0.15, 0.2) is 29.2 Å². The SMILES string of the molecule is NC(C1CCOC2(CCOC2)C1)C1CSc2ccccc21. The highest BCUT2D eigenvalue weighted by Gasteiger charge is 2.44. The highest BCUT2D eigenvalue weighted by atomic mass is 32.2. The fraction of sp³-hybridized carbons (Fsp3) is 0.647. The first-order valence-corrected chi connectivity index (χ1v) is 8.95. The largest absolute Gasteiger partial charge is 0.378 e. The Hall–Kier alpha value is -0.550. The lowest BCUT2D eigenvalue weighted by Gasteiger charge is -2.41. The van der Waals surface area contributed by atoms with Crippen molar-refractivity contribution in [2.45, 2.75) is 41.7 Å². The second-order valence-corrected chi connectivity index (χ2v) is 7.68. The van der Waals surface area contributed by atoms with Crippen molar-refractivity contribution in [1.29, 1.82) is 0 Å². The fourth-order valence-electron chi connectivity index (χ4n) is 4.09. The Kier molecular flexibility index (Phi) is 3.74. The van der Waals surface area contributed by atoms with Gasteiger partial charge in [-0.2, -0.15) is 0 Å². The summed E-state index contributed by atoms with van der Waals surface area (Å²) in [6.45, 7) is 2.43. The first kappa shape index (κ1) is 14.1. The Morgan fingerprint density at radius 1 is 1.29 bits per heavy atom. The number of rotatable bonds is 2. The molecule has 4 rings (SSSR count). The Morgan fingerprint density at radius 3 is 3.05 bits per heavy atom. The van der Waals surface area contributed by atoms with Gasteiger partial charge in [0.2, 0.25) is 0 Å². The van der Waals surface area contributed by atoms with Gasteiger partial charge in [-0.05, 0) is 30.4 Å². The first-order valence-electron chi connectivity index (χ1n) is 7.96. The summed E-state index contributed by atoms with van der Waals surface area (Å²) < 4.78 is 11.6. The smallest absolute Gasteiger partial charge is 0.0939 e. The van der Waals surface area contributed by atoms with Crippen LogP contribution in [0.2, 0.25) is 0 Å². The molecule has 0 aromatic heterocycles. The number of thioether (sulfide) groups is 1. The van der Waals surface area contributed by atoms with Crippen molar-refractivity contribution < 1.29 is 9.47 Å². The molecule has 21 heavy (non-hydrogen) atoms. The van der Waals surface area contributed by atoms with E-state index in [1.165, 1.54) is 10.5 Å². The van der Waals surface area contributed by atoms with E-state index in [0.29, 0.717) is 11.8 Å². The van der Waals surface area contributed by atoms with E-state index in [1.54, 1.807) is 0 Å². The molecule has 1 aromatic rings. The molecule has 2 saturated heterocycles. The fourth-order valence-corrected chi connectivity index (χ4v) is 5.41. The Balaban J connectivity index is 1.51. The van der Waals surface area contributed by atoms with Crippen molar-refractivity contribution in [1.82, 2.24) is 0 Å². The monoisotopic (exact) mass is 305 g/mol. The van der Waals surface area contributed by atoms with Crippen LogP contribution in [0.4, 0.5) is 0 Å². The van der Waals surface area contributed by atoms with Crippen LogP contribution in [-0.2, 0) is 9.47 Å². The van der Waals surface area contributed by atoms with Crippen LogP contribution in [0, 0.1) is 5.92 Å². The van der Waals surface area contributed by atoms with Gasteiger partial charge in [0.15, 0.2) is 0 Å². The van der Waals surface area contributed by atoms with E-state index in [1.807, 2.05) is 11.8 Å². The molecule has 3 heterocycles. The topological polar surface area (TPSA) is 44.5 Å². The molecule has 3 nitrogen and oxygen atoms in total. The highest BCUT2D eigenvalue weighted by Crippen LogP contribution is 2.45. The van der Waals surface area contributed by atoms with Crippen molar-refractivity contribution in [3.05, 3.63) is 29.8 Å².